The Labute approximate surface area is 90.5 Å². The number of nitrogens with two attached hydrogens (primary N) is 1. The Morgan fingerprint density at radius 2 is 1.93 bits per heavy atom. The number of benzene rings is 1. The zero-order valence-corrected chi connectivity index (χ0v) is 8.89. The molecule has 1 aromatic carbocycles. The van der Waals surface area contributed by atoms with Gasteiger partial charge in [-0.2, -0.15) is 0 Å². The normalized spacial score (nSPS) is 18.1. The summed E-state index contributed by atoms with van der Waals surface area (Å²) >= 11 is 0. The highest BCUT2D eigenvalue weighted by Crippen LogP contribution is 2.23. The van der Waals surface area contributed by atoms with Gasteiger partial charge in [0, 0.05) is 25.3 Å². The molecule has 0 radical (unpaired) electrons. The molecule has 1 aliphatic rings. The quantitative estimate of drug-likeness (QED) is 0.762. The lowest BCUT2D eigenvalue weighted by Gasteiger charge is -2.32. The van der Waals surface area contributed by atoms with E-state index in [1.54, 1.807) is 0 Å². The van der Waals surface area contributed by atoms with Crippen LogP contribution in [0.2, 0.25) is 0 Å². The summed E-state index contributed by atoms with van der Waals surface area (Å²) in [6, 6.07) is 8.24. The molecule has 3 N–H and O–H groups in total. The summed E-state index contributed by atoms with van der Waals surface area (Å²) in [7, 11) is 0. The number of hydrogen-bond acceptors (Lipinski definition) is 3. The fourth-order valence-electron chi connectivity index (χ4n) is 2.10. The van der Waals surface area contributed by atoms with E-state index in [2.05, 4.69) is 17.0 Å². The van der Waals surface area contributed by atoms with Gasteiger partial charge in [-0.15, -0.1) is 0 Å². The van der Waals surface area contributed by atoms with Gasteiger partial charge < -0.3 is 15.7 Å². The van der Waals surface area contributed by atoms with E-state index in [9.17, 15) is 5.11 Å². The first-order valence-corrected chi connectivity index (χ1v) is 5.52. The monoisotopic (exact) mass is 206 g/mol. The molecule has 2 rings (SSSR count). The highest BCUT2D eigenvalue weighted by molar-refractivity contribution is 5.53. The SMILES string of the molecule is NCc1ccccc1N1CCC(O)CC1. The minimum atomic E-state index is -0.119. The maximum absolute atomic E-state index is 9.45. The molecule has 0 atom stereocenters. The summed E-state index contributed by atoms with van der Waals surface area (Å²) in [5, 5.41) is 9.45. The maximum atomic E-state index is 9.45. The molecule has 0 spiro atoms. The lowest BCUT2D eigenvalue weighted by atomic mass is 10.1. The summed E-state index contributed by atoms with van der Waals surface area (Å²) in [6.07, 6.45) is 1.60. The third-order valence-electron chi connectivity index (χ3n) is 3.02. The van der Waals surface area contributed by atoms with E-state index in [0.29, 0.717) is 6.54 Å². The minimum absolute atomic E-state index is 0.119. The van der Waals surface area contributed by atoms with Crippen molar-refractivity contribution in [3.05, 3.63) is 29.8 Å². The van der Waals surface area contributed by atoms with Gasteiger partial charge in [0.1, 0.15) is 0 Å². The second-order valence-electron chi connectivity index (χ2n) is 4.05. The number of hydrogen-bond donors (Lipinski definition) is 2. The van der Waals surface area contributed by atoms with Crippen LogP contribution in [-0.2, 0) is 6.54 Å². The van der Waals surface area contributed by atoms with Gasteiger partial charge in [-0.3, -0.25) is 0 Å². The van der Waals surface area contributed by atoms with Gasteiger partial charge in [0.05, 0.1) is 6.10 Å². The molecule has 0 amide bonds. The Hall–Kier alpha value is -1.06. The summed E-state index contributed by atoms with van der Waals surface area (Å²) < 4.78 is 0. The fourth-order valence-corrected chi connectivity index (χ4v) is 2.10. The fraction of sp³-hybridized carbons (Fsp3) is 0.500. The van der Waals surface area contributed by atoms with Gasteiger partial charge in [-0.1, -0.05) is 18.2 Å². The van der Waals surface area contributed by atoms with E-state index in [0.717, 1.165) is 25.9 Å². The molecule has 1 heterocycles. The van der Waals surface area contributed by atoms with E-state index in [-0.39, 0.29) is 6.10 Å². The van der Waals surface area contributed by atoms with E-state index >= 15 is 0 Å². The Bertz CT molecular complexity index is 319. The van der Waals surface area contributed by atoms with E-state index < -0.39 is 0 Å². The van der Waals surface area contributed by atoms with Gasteiger partial charge >= 0.3 is 0 Å². The molecule has 0 unspecified atom stereocenters. The molecule has 15 heavy (non-hydrogen) atoms. The third kappa shape index (κ3) is 2.30. The van der Waals surface area contributed by atoms with Crippen molar-refractivity contribution in [3.63, 3.8) is 0 Å². The Kier molecular flexibility index (Phi) is 3.23. The maximum Gasteiger partial charge on any atom is 0.0574 e. The zero-order valence-electron chi connectivity index (χ0n) is 8.89. The molecule has 0 bridgehead atoms. The van der Waals surface area contributed by atoms with Crippen LogP contribution in [0.15, 0.2) is 24.3 Å². The number of anilines is 1. The van der Waals surface area contributed by atoms with Gasteiger partial charge in [0.2, 0.25) is 0 Å². The third-order valence-corrected chi connectivity index (χ3v) is 3.02. The van der Waals surface area contributed by atoms with Gasteiger partial charge in [0.25, 0.3) is 0 Å². The molecule has 0 aliphatic carbocycles. The van der Waals surface area contributed by atoms with Crippen LogP contribution in [0.4, 0.5) is 5.69 Å². The van der Waals surface area contributed by atoms with E-state index in [1.165, 1.54) is 11.3 Å². The number of aliphatic hydroxyl groups excluding tert-OH is 1. The van der Waals surface area contributed by atoms with Crippen LogP contribution in [0.5, 0.6) is 0 Å². The van der Waals surface area contributed by atoms with Crippen LogP contribution >= 0.6 is 0 Å². The van der Waals surface area contributed by atoms with Crippen molar-refractivity contribution < 1.29 is 5.11 Å². The lowest BCUT2D eigenvalue weighted by molar-refractivity contribution is 0.145. The molecule has 3 nitrogen and oxygen atoms in total. The van der Waals surface area contributed by atoms with Crippen molar-refractivity contribution in [2.45, 2.75) is 25.5 Å². The molecule has 82 valence electrons. The smallest absolute Gasteiger partial charge is 0.0574 e. The van der Waals surface area contributed by atoms with Crippen molar-refractivity contribution in [1.82, 2.24) is 0 Å². The molecule has 0 saturated carbocycles. The van der Waals surface area contributed by atoms with Crippen LogP contribution in [0.25, 0.3) is 0 Å². The molecular formula is C12H18N2O. The van der Waals surface area contributed by atoms with Crippen molar-refractivity contribution >= 4 is 5.69 Å². The van der Waals surface area contributed by atoms with Crippen molar-refractivity contribution in [3.8, 4) is 0 Å². The largest absolute Gasteiger partial charge is 0.393 e. The lowest BCUT2D eigenvalue weighted by Crippen LogP contribution is -2.36. The molecular weight excluding hydrogens is 188 g/mol. The Balaban J connectivity index is 2.15. The molecule has 1 aromatic rings. The Morgan fingerprint density at radius 1 is 1.27 bits per heavy atom. The van der Waals surface area contributed by atoms with Crippen molar-refractivity contribution in [2.75, 3.05) is 18.0 Å². The molecule has 1 aliphatic heterocycles. The van der Waals surface area contributed by atoms with Crippen molar-refractivity contribution in [1.29, 1.82) is 0 Å². The summed E-state index contributed by atoms with van der Waals surface area (Å²) in [5.74, 6) is 0. The summed E-state index contributed by atoms with van der Waals surface area (Å²) in [4.78, 5) is 2.31. The zero-order chi connectivity index (χ0) is 10.7. The predicted molar refractivity (Wildman–Crippen MR) is 61.8 cm³/mol. The van der Waals surface area contributed by atoms with Crippen LogP contribution in [0.1, 0.15) is 18.4 Å². The number of rotatable bonds is 2. The minimum Gasteiger partial charge on any atom is -0.393 e. The summed E-state index contributed by atoms with van der Waals surface area (Å²) in [6.45, 7) is 2.44. The van der Waals surface area contributed by atoms with E-state index in [1.807, 2.05) is 12.1 Å². The van der Waals surface area contributed by atoms with Gasteiger partial charge in [0.15, 0.2) is 0 Å². The first-order valence-electron chi connectivity index (χ1n) is 5.52. The second kappa shape index (κ2) is 4.64. The Morgan fingerprint density at radius 3 is 2.60 bits per heavy atom. The van der Waals surface area contributed by atoms with Crippen LogP contribution < -0.4 is 10.6 Å². The second-order valence-corrected chi connectivity index (χ2v) is 4.05. The van der Waals surface area contributed by atoms with Gasteiger partial charge in [-0.05, 0) is 24.5 Å². The summed E-state index contributed by atoms with van der Waals surface area (Å²) in [5.41, 5.74) is 8.13. The standard InChI is InChI=1S/C12H18N2O/c13-9-10-3-1-2-4-12(10)14-7-5-11(15)6-8-14/h1-4,11,15H,5-9,13H2. The topological polar surface area (TPSA) is 49.5 Å². The van der Waals surface area contributed by atoms with Crippen LogP contribution in [0.3, 0.4) is 0 Å². The molecule has 3 heteroatoms. The average molecular weight is 206 g/mol. The number of piperidine rings is 1. The number of aliphatic hydroxyl groups is 1. The molecule has 0 aromatic heterocycles. The first kappa shape index (κ1) is 10.5. The number of nitrogens with zero attached hydrogens (tertiary/aromatic N) is 1. The average Bonchev–Trinajstić information content (AvgIpc) is 2.30. The van der Waals surface area contributed by atoms with Crippen LogP contribution in [0, 0.1) is 0 Å². The first-order chi connectivity index (χ1) is 7.31. The van der Waals surface area contributed by atoms with Crippen molar-refractivity contribution in [2.24, 2.45) is 5.73 Å². The number of para-hydroxylation sites is 1. The highest BCUT2D eigenvalue weighted by Gasteiger charge is 2.18. The predicted octanol–water partition coefficient (Wildman–Crippen LogP) is 1.11. The van der Waals surface area contributed by atoms with E-state index in [4.69, 9.17) is 5.73 Å². The highest BCUT2D eigenvalue weighted by atomic mass is 16.3. The molecule has 1 fully saturated rings. The van der Waals surface area contributed by atoms with Crippen LogP contribution in [-0.4, -0.2) is 24.3 Å². The van der Waals surface area contributed by atoms with Gasteiger partial charge in [-0.25, -0.2) is 0 Å². The molecule has 1 saturated heterocycles.